The molecule has 6 heteroatoms. The highest BCUT2D eigenvalue weighted by Gasteiger charge is 2.16. The fourth-order valence-electron chi connectivity index (χ4n) is 1.66. The SMILES string of the molecule is c1cc(NC2CNC2)cc(-c2nn[nH]n2)c1. The highest BCUT2D eigenvalue weighted by molar-refractivity contribution is 5.62. The molecule has 82 valence electrons. The Morgan fingerprint density at radius 2 is 2.25 bits per heavy atom. The second-order valence-corrected chi connectivity index (χ2v) is 3.82. The molecular formula is C10H12N6. The Morgan fingerprint density at radius 1 is 1.31 bits per heavy atom. The van der Waals surface area contributed by atoms with Crippen molar-refractivity contribution in [3.05, 3.63) is 24.3 Å². The minimum Gasteiger partial charge on any atom is -0.380 e. The lowest BCUT2D eigenvalue weighted by atomic mass is 10.1. The zero-order valence-corrected chi connectivity index (χ0v) is 8.64. The summed E-state index contributed by atoms with van der Waals surface area (Å²) >= 11 is 0. The maximum Gasteiger partial charge on any atom is 0.204 e. The lowest BCUT2D eigenvalue weighted by molar-refractivity contribution is 0.472. The number of rotatable bonds is 3. The number of nitrogens with one attached hydrogen (secondary N) is 3. The summed E-state index contributed by atoms with van der Waals surface area (Å²) in [5.41, 5.74) is 2.06. The molecule has 0 saturated carbocycles. The number of aromatic nitrogens is 4. The molecule has 6 nitrogen and oxygen atoms in total. The molecule has 0 bridgehead atoms. The van der Waals surface area contributed by atoms with E-state index in [1.54, 1.807) is 0 Å². The Kier molecular flexibility index (Phi) is 2.26. The zero-order chi connectivity index (χ0) is 10.8. The molecule has 1 aliphatic rings. The van der Waals surface area contributed by atoms with Crippen molar-refractivity contribution in [3.8, 4) is 11.4 Å². The van der Waals surface area contributed by atoms with Crippen LogP contribution in [0, 0.1) is 0 Å². The van der Waals surface area contributed by atoms with E-state index >= 15 is 0 Å². The number of tetrazole rings is 1. The third-order valence-corrected chi connectivity index (χ3v) is 2.62. The molecule has 1 saturated heterocycles. The lowest BCUT2D eigenvalue weighted by Crippen LogP contribution is -2.51. The predicted octanol–water partition coefficient (Wildman–Crippen LogP) is 0.250. The van der Waals surface area contributed by atoms with Gasteiger partial charge in [-0.1, -0.05) is 12.1 Å². The third-order valence-electron chi connectivity index (χ3n) is 2.62. The average molecular weight is 216 g/mol. The van der Waals surface area contributed by atoms with Gasteiger partial charge in [0.05, 0.1) is 6.04 Å². The first-order valence-electron chi connectivity index (χ1n) is 5.23. The van der Waals surface area contributed by atoms with Gasteiger partial charge in [-0.2, -0.15) is 5.21 Å². The van der Waals surface area contributed by atoms with E-state index in [9.17, 15) is 0 Å². The topological polar surface area (TPSA) is 78.5 Å². The van der Waals surface area contributed by atoms with Gasteiger partial charge in [0.15, 0.2) is 0 Å². The van der Waals surface area contributed by atoms with E-state index in [0.29, 0.717) is 11.9 Å². The van der Waals surface area contributed by atoms with Crippen molar-refractivity contribution < 1.29 is 0 Å². The van der Waals surface area contributed by atoms with Crippen LogP contribution in [0.5, 0.6) is 0 Å². The average Bonchev–Trinajstić information content (AvgIpc) is 2.77. The summed E-state index contributed by atoms with van der Waals surface area (Å²) in [4.78, 5) is 0. The van der Waals surface area contributed by atoms with Crippen LogP contribution in [0.25, 0.3) is 11.4 Å². The summed E-state index contributed by atoms with van der Waals surface area (Å²) < 4.78 is 0. The van der Waals surface area contributed by atoms with Crippen LogP contribution in [0.3, 0.4) is 0 Å². The molecule has 1 fully saturated rings. The normalized spacial score (nSPS) is 15.8. The summed E-state index contributed by atoms with van der Waals surface area (Å²) in [6, 6.07) is 8.56. The van der Waals surface area contributed by atoms with E-state index in [1.807, 2.05) is 24.3 Å². The van der Waals surface area contributed by atoms with E-state index in [-0.39, 0.29) is 0 Å². The summed E-state index contributed by atoms with van der Waals surface area (Å²) in [6.07, 6.45) is 0. The van der Waals surface area contributed by atoms with E-state index < -0.39 is 0 Å². The van der Waals surface area contributed by atoms with Gasteiger partial charge in [-0.15, -0.1) is 10.2 Å². The molecule has 1 aromatic heterocycles. The van der Waals surface area contributed by atoms with Crippen molar-refractivity contribution in [1.29, 1.82) is 0 Å². The second-order valence-electron chi connectivity index (χ2n) is 3.82. The van der Waals surface area contributed by atoms with Gasteiger partial charge in [-0.3, -0.25) is 0 Å². The maximum atomic E-state index is 3.95. The zero-order valence-electron chi connectivity index (χ0n) is 8.64. The number of nitrogens with zero attached hydrogens (tertiary/aromatic N) is 3. The third kappa shape index (κ3) is 1.74. The lowest BCUT2D eigenvalue weighted by Gasteiger charge is -2.29. The standard InChI is InChI=1S/C10H12N6/c1-2-7(10-13-15-16-14-10)4-8(3-1)12-9-5-11-6-9/h1-4,9,11-12H,5-6H2,(H,13,14,15,16). The van der Waals surface area contributed by atoms with Crippen molar-refractivity contribution in [2.24, 2.45) is 0 Å². The molecule has 16 heavy (non-hydrogen) atoms. The van der Waals surface area contributed by atoms with Gasteiger partial charge in [0.1, 0.15) is 0 Å². The maximum absolute atomic E-state index is 3.95. The van der Waals surface area contributed by atoms with Crippen molar-refractivity contribution in [2.75, 3.05) is 18.4 Å². The fraction of sp³-hybridized carbons (Fsp3) is 0.300. The molecule has 1 aromatic carbocycles. The molecule has 2 aromatic rings. The molecule has 0 aliphatic carbocycles. The van der Waals surface area contributed by atoms with Crippen LogP contribution >= 0.6 is 0 Å². The van der Waals surface area contributed by atoms with Crippen LogP contribution in [0.15, 0.2) is 24.3 Å². The van der Waals surface area contributed by atoms with Crippen LogP contribution in [0.2, 0.25) is 0 Å². The van der Waals surface area contributed by atoms with E-state index in [4.69, 9.17) is 0 Å². The van der Waals surface area contributed by atoms with Gasteiger partial charge >= 0.3 is 0 Å². The van der Waals surface area contributed by atoms with Crippen molar-refractivity contribution in [2.45, 2.75) is 6.04 Å². The van der Waals surface area contributed by atoms with Crippen molar-refractivity contribution >= 4 is 5.69 Å². The molecule has 0 amide bonds. The van der Waals surface area contributed by atoms with Crippen molar-refractivity contribution in [3.63, 3.8) is 0 Å². The molecule has 2 heterocycles. The molecular weight excluding hydrogens is 204 g/mol. The largest absolute Gasteiger partial charge is 0.380 e. The summed E-state index contributed by atoms with van der Waals surface area (Å²) in [5, 5.41) is 20.6. The van der Waals surface area contributed by atoms with E-state index in [0.717, 1.165) is 24.3 Å². The van der Waals surface area contributed by atoms with Crippen LogP contribution in [0.4, 0.5) is 5.69 Å². The van der Waals surface area contributed by atoms with Crippen LogP contribution in [0.1, 0.15) is 0 Å². The number of hydrogen-bond acceptors (Lipinski definition) is 5. The minimum atomic E-state index is 0.528. The van der Waals surface area contributed by atoms with Gasteiger partial charge in [-0.05, 0) is 17.3 Å². The molecule has 0 spiro atoms. The smallest absolute Gasteiger partial charge is 0.204 e. The molecule has 0 unspecified atom stereocenters. The van der Waals surface area contributed by atoms with Gasteiger partial charge in [0.25, 0.3) is 0 Å². The molecule has 0 atom stereocenters. The summed E-state index contributed by atoms with van der Waals surface area (Å²) in [6.45, 7) is 2.04. The Labute approximate surface area is 92.5 Å². The molecule has 3 N–H and O–H groups in total. The number of anilines is 1. The minimum absolute atomic E-state index is 0.528. The summed E-state index contributed by atoms with van der Waals surface area (Å²) in [5.74, 6) is 0.621. The number of benzene rings is 1. The number of aromatic amines is 1. The van der Waals surface area contributed by atoms with Crippen LogP contribution in [-0.2, 0) is 0 Å². The van der Waals surface area contributed by atoms with Gasteiger partial charge in [-0.25, -0.2) is 0 Å². The second kappa shape index (κ2) is 3.90. The number of hydrogen-bond donors (Lipinski definition) is 3. The first kappa shape index (κ1) is 9.29. The van der Waals surface area contributed by atoms with Crippen molar-refractivity contribution in [1.82, 2.24) is 25.9 Å². The highest BCUT2D eigenvalue weighted by Crippen LogP contribution is 2.19. The predicted molar refractivity (Wildman–Crippen MR) is 59.9 cm³/mol. The Hall–Kier alpha value is -1.95. The first-order valence-corrected chi connectivity index (χ1v) is 5.23. The number of H-pyrrole nitrogens is 1. The summed E-state index contributed by atoms with van der Waals surface area (Å²) in [7, 11) is 0. The van der Waals surface area contributed by atoms with Gasteiger partial charge < -0.3 is 10.6 Å². The monoisotopic (exact) mass is 216 g/mol. The van der Waals surface area contributed by atoms with Crippen LogP contribution < -0.4 is 10.6 Å². The highest BCUT2D eigenvalue weighted by atomic mass is 15.5. The molecule has 3 rings (SSSR count). The molecule has 0 radical (unpaired) electrons. The molecule has 1 aliphatic heterocycles. The van der Waals surface area contributed by atoms with Crippen LogP contribution in [-0.4, -0.2) is 39.8 Å². The Balaban J connectivity index is 1.82. The first-order chi connectivity index (χ1) is 7.92. The van der Waals surface area contributed by atoms with E-state index in [1.165, 1.54) is 0 Å². The Morgan fingerprint density at radius 3 is 2.94 bits per heavy atom. The Bertz CT molecular complexity index is 462. The van der Waals surface area contributed by atoms with E-state index in [2.05, 4.69) is 31.3 Å². The fourth-order valence-corrected chi connectivity index (χ4v) is 1.66. The quantitative estimate of drug-likeness (QED) is 0.685. The van der Waals surface area contributed by atoms with Gasteiger partial charge in [0.2, 0.25) is 5.82 Å². The van der Waals surface area contributed by atoms with Gasteiger partial charge in [0, 0.05) is 24.3 Å².